The van der Waals surface area contributed by atoms with Crippen molar-refractivity contribution in [1.82, 2.24) is 0 Å². The van der Waals surface area contributed by atoms with Crippen LogP contribution in [0.2, 0.25) is 0 Å². The van der Waals surface area contributed by atoms with Crippen LogP contribution in [-0.4, -0.2) is 17.5 Å². The van der Waals surface area contributed by atoms with Gasteiger partial charge in [-0.1, -0.05) is 41.4 Å². The van der Waals surface area contributed by atoms with Crippen LogP contribution in [0.3, 0.4) is 0 Å². The first-order valence-electron chi connectivity index (χ1n) is 5.87. The quantitative estimate of drug-likeness (QED) is 0.737. The molecule has 0 saturated heterocycles. The van der Waals surface area contributed by atoms with Gasteiger partial charge in [0.25, 0.3) is 0 Å². The number of ether oxygens (including phenoxy) is 1. The maximum Gasteiger partial charge on any atom is 0.166 e. The minimum Gasteiger partial charge on any atom is -0.497 e. The molecule has 0 fully saturated rings. The van der Waals surface area contributed by atoms with Crippen LogP contribution in [0.25, 0.3) is 0 Å². The molecule has 0 aliphatic carbocycles. The lowest BCUT2D eigenvalue weighted by Gasteiger charge is -2.00. The molecular weight excluding hydrogens is 295 g/mol. The minimum atomic E-state index is 0.140. The molecule has 0 amide bonds. The van der Waals surface area contributed by atoms with Crippen LogP contribution in [0.4, 0.5) is 11.4 Å². The summed E-state index contributed by atoms with van der Waals surface area (Å²) in [6.07, 6.45) is 0. The van der Waals surface area contributed by atoms with Crippen LogP contribution in [-0.2, 0) is 0 Å². The van der Waals surface area contributed by atoms with Gasteiger partial charge in [0.1, 0.15) is 5.75 Å². The van der Waals surface area contributed by atoms with Crippen LogP contribution < -0.4 is 4.74 Å². The third-order valence-corrected chi connectivity index (χ3v) is 3.08. The van der Waals surface area contributed by atoms with Gasteiger partial charge in [-0.25, -0.2) is 9.98 Å². The fraction of sp³-hybridized carbons (Fsp3) is 0.0667. The number of methoxy groups -OCH3 is 1. The van der Waals surface area contributed by atoms with E-state index in [1.54, 1.807) is 31.4 Å². The zero-order chi connectivity index (χ0) is 14.4. The lowest BCUT2D eigenvalue weighted by atomic mass is 10.3. The molecule has 0 unspecified atom stereocenters. The summed E-state index contributed by atoms with van der Waals surface area (Å²) in [4.78, 5) is 8.38. The summed E-state index contributed by atoms with van der Waals surface area (Å²) in [7, 11) is 1.61. The van der Waals surface area contributed by atoms with Gasteiger partial charge in [0.05, 0.1) is 18.5 Å². The van der Waals surface area contributed by atoms with E-state index in [0.717, 1.165) is 11.4 Å². The molecular formula is C15H12Cl2N2O. The molecule has 0 atom stereocenters. The number of para-hydroxylation sites is 1. The predicted octanol–water partition coefficient (Wildman–Crippen LogP) is 4.93. The van der Waals surface area contributed by atoms with Crippen molar-refractivity contribution in [1.29, 1.82) is 0 Å². The fourth-order valence-corrected chi connectivity index (χ4v) is 1.76. The summed E-state index contributed by atoms with van der Waals surface area (Å²) >= 11 is 12.1. The van der Waals surface area contributed by atoms with Gasteiger partial charge >= 0.3 is 0 Å². The van der Waals surface area contributed by atoms with Gasteiger partial charge in [-0.2, -0.15) is 0 Å². The molecule has 0 N–H and O–H groups in total. The van der Waals surface area contributed by atoms with Crippen LogP contribution >= 0.6 is 23.2 Å². The third-order valence-electron chi connectivity index (χ3n) is 2.45. The first-order chi connectivity index (χ1) is 9.69. The smallest absolute Gasteiger partial charge is 0.166 e. The number of benzene rings is 2. The molecule has 102 valence electrons. The van der Waals surface area contributed by atoms with Crippen molar-refractivity contribution in [3.8, 4) is 5.75 Å². The number of rotatable bonds is 4. The standard InChI is InChI=1S/C15H12Cl2N2O/c1-20-13-9-7-12(8-10-13)19-15(17)14(16)18-11-5-3-2-4-6-11/h2-10H,1H3. The Kier molecular flexibility index (Phi) is 5.16. The van der Waals surface area contributed by atoms with E-state index in [9.17, 15) is 0 Å². The van der Waals surface area contributed by atoms with Crippen LogP contribution in [0.15, 0.2) is 64.6 Å². The van der Waals surface area contributed by atoms with Crippen molar-refractivity contribution in [2.24, 2.45) is 9.98 Å². The highest BCUT2D eigenvalue weighted by Gasteiger charge is 2.03. The normalized spacial score (nSPS) is 12.3. The van der Waals surface area contributed by atoms with Crippen molar-refractivity contribution >= 4 is 44.9 Å². The molecule has 0 heterocycles. The van der Waals surface area contributed by atoms with Crippen molar-refractivity contribution < 1.29 is 4.74 Å². The Morgan fingerprint density at radius 2 is 1.30 bits per heavy atom. The Balaban J connectivity index is 2.18. The molecule has 3 nitrogen and oxygen atoms in total. The summed E-state index contributed by atoms with van der Waals surface area (Å²) in [5.41, 5.74) is 1.40. The Morgan fingerprint density at radius 3 is 1.80 bits per heavy atom. The van der Waals surface area contributed by atoms with Gasteiger partial charge < -0.3 is 4.74 Å². The molecule has 0 bridgehead atoms. The second kappa shape index (κ2) is 7.08. The van der Waals surface area contributed by atoms with Gasteiger partial charge in [0, 0.05) is 0 Å². The maximum atomic E-state index is 6.05. The van der Waals surface area contributed by atoms with Crippen LogP contribution in [0.1, 0.15) is 0 Å². The van der Waals surface area contributed by atoms with E-state index in [1.165, 1.54) is 0 Å². The monoisotopic (exact) mass is 306 g/mol. The van der Waals surface area contributed by atoms with Gasteiger partial charge in [-0.05, 0) is 36.4 Å². The zero-order valence-corrected chi connectivity index (χ0v) is 12.3. The first kappa shape index (κ1) is 14.6. The lowest BCUT2D eigenvalue weighted by molar-refractivity contribution is 0.415. The molecule has 0 saturated carbocycles. The molecule has 2 aromatic rings. The van der Waals surface area contributed by atoms with Crippen molar-refractivity contribution in [3.05, 3.63) is 54.6 Å². The van der Waals surface area contributed by atoms with E-state index in [-0.39, 0.29) is 10.3 Å². The fourth-order valence-electron chi connectivity index (χ4n) is 1.48. The van der Waals surface area contributed by atoms with E-state index in [0.29, 0.717) is 5.69 Å². The van der Waals surface area contributed by atoms with Gasteiger partial charge in [-0.3, -0.25) is 0 Å². The summed E-state index contributed by atoms with van der Waals surface area (Å²) in [5.74, 6) is 0.754. The lowest BCUT2D eigenvalue weighted by Crippen LogP contribution is -1.98. The molecule has 0 aromatic heterocycles. The summed E-state index contributed by atoms with van der Waals surface area (Å²) in [6.45, 7) is 0. The molecule has 5 heteroatoms. The predicted molar refractivity (Wildman–Crippen MR) is 85.3 cm³/mol. The number of hydrogen-bond donors (Lipinski definition) is 0. The van der Waals surface area contributed by atoms with Crippen molar-refractivity contribution in [2.75, 3.05) is 7.11 Å². The Bertz CT molecular complexity index is 622. The highest BCUT2D eigenvalue weighted by atomic mass is 35.5. The zero-order valence-electron chi connectivity index (χ0n) is 10.8. The van der Waals surface area contributed by atoms with Gasteiger partial charge in [0.2, 0.25) is 0 Å². The molecule has 2 aromatic carbocycles. The molecule has 0 radical (unpaired) electrons. The van der Waals surface area contributed by atoms with Gasteiger partial charge in [-0.15, -0.1) is 0 Å². The Labute approximate surface area is 127 Å². The van der Waals surface area contributed by atoms with E-state index < -0.39 is 0 Å². The summed E-state index contributed by atoms with van der Waals surface area (Å²) in [6, 6.07) is 16.5. The number of aliphatic imine (C=N–C) groups is 2. The number of nitrogens with zero attached hydrogens (tertiary/aromatic N) is 2. The largest absolute Gasteiger partial charge is 0.497 e. The highest BCUT2D eigenvalue weighted by Crippen LogP contribution is 2.20. The molecule has 0 spiro atoms. The topological polar surface area (TPSA) is 34.0 Å². The second-order valence-electron chi connectivity index (χ2n) is 3.84. The van der Waals surface area contributed by atoms with Crippen LogP contribution in [0, 0.1) is 0 Å². The average Bonchev–Trinajstić information content (AvgIpc) is 2.49. The minimum absolute atomic E-state index is 0.140. The molecule has 0 aliphatic rings. The second-order valence-corrected chi connectivity index (χ2v) is 4.55. The molecule has 20 heavy (non-hydrogen) atoms. The summed E-state index contributed by atoms with van der Waals surface area (Å²) < 4.78 is 5.07. The van der Waals surface area contributed by atoms with E-state index in [4.69, 9.17) is 27.9 Å². The van der Waals surface area contributed by atoms with Crippen molar-refractivity contribution in [2.45, 2.75) is 0 Å². The molecule has 0 aliphatic heterocycles. The Hall–Kier alpha value is -1.84. The van der Waals surface area contributed by atoms with Crippen LogP contribution in [0.5, 0.6) is 5.75 Å². The van der Waals surface area contributed by atoms with E-state index >= 15 is 0 Å². The maximum absolute atomic E-state index is 6.05. The van der Waals surface area contributed by atoms with Crippen molar-refractivity contribution in [3.63, 3.8) is 0 Å². The average molecular weight is 307 g/mol. The Morgan fingerprint density at radius 1 is 0.800 bits per heavy atom. The summed E-state index contributed by atoms with van der Waals surface area (Å²) in [5, 5.41) is 0.286. The highest BCUT2D eigenvalue weighted by molar-refractivity contribution is 7.00. The molecule has 2 rings (SSSR count). The first-order valence-corrected chi connectivity index (χ1v) is 6.62. The SMILES string of the molecule is COc1ccc(N=C(Cl)C(Cl)=Nc2ccccc2)cc1. The third kappa shape index (κ3) is 4.08. The number of halogens is 2. The number of hydrogen-bond acceptors (Lipinski definition) is 3. The van der Waals surface area contributed by atoms with Gasteiger partial charge in [0.15, 0.2) is 10.3 Å². The van der Waals surface area contributed by atoms with E-state index in [2.05, 4.69) is 9.98 Å². The van der Waals surface area contributed by atoms with E-state index in [1.807, 2.05) is 30.3 Å².